The molecule has 2 aliphatic rings. The number of ketones is 1. The lowest BCUT2D eigenvalue weighted by molar-refractivity contribution is -0.728. The predicted molar refractivity (Wildman–Crippen MR) is 82.2 cm³/mol. The molecule has 1 saturated carbocycles. The lowest BCUT2D eigenvalue weighted by Gasteiger charge is -2.43. The summed E-state index contributed by atoms with van der Waals surface area (Å²) in [5, 5.41) is 43.7. The molecule has 0 aliphatic heterocycles. The lowest BCUT2D eigenvalue weighted by atomic mass is 9.55. The maximum atomic E-state index is 12.8. The molecule has 2 bridgehead atoms. The summed E-state index contributed by atoms with van der Waals surface area (Å²) in [6, 6.07) is -1.80. The van der Waals surface area contributed by atoms with Crippen molar-refractivity contribution in [3.05, 3.63) is 37.2 Å². The minimum absolute atomic E-state index is 0.118. The third-order valence-corrected chi connectivity index (χ3v) is 5.05. The van der Waals surface area contributed by atoms with E-state index in [2.05, 4.69) is 0 Å². The van der Waals surface area contributed by atoms with E-state index >= 15 is 0 Å². The predicted octanol–water partition coefficient (Wildman–Crippen LogP) is 0.311. The SMILES string of the molecule is CCOC(=O)[C@@]1(CC)C(=O)C[C@H]2C(=[N+]([O-])O)C=C([N+](=O)[O-])[C@H]1[C@@H]2[N+](=O)[O-]. The number of fused-ring (bicyclic) bond motifs is 2. The van der Waals surface area contributed by atoms with E-state index in [-0.39, 0.29) is 13.0 Å². The third-order valence-electron chi connectivity index (χ3n) is 5.05. The van der Waals surface area contributed by atoms with Gasteiger partial charge in [-0.3, -0.25) is 35.0 Å². The van der Waals surface area contributed by atoms with E-state index in [1.807, 2.05) is 0 Å². The smallest absolute Gasteiger partial charge is 0.320 e. The molecule has 0 heterocycles. The van der Waals surface area contributed by atoms with Crippen LogP contribution >= 0.6 is 0 Å². The van der Waals surface area contributed by atoms with Gasteiger partial charge in [-0.05, 0) is 13.3 Å². The second kappa shape index (κ2) is 6.69. The van der Waals surface area contributed by atoms with Crippen LogP contribution in [0.1, 0.15) is 26.7 Å². The van der Waals surface area contributed by atoms with E-state index in [1.165, 1.54) is 13.8 Å². The molecule has 0 amide bonds. The van der Waals surface area contributed by atoms with Crippen molar-refractivity contribution in [1.29, 1.82) is 0 Å². The third kappa shape index (κ3) is 2.57. The molecule has 2 rings (SSSR count). The number of hydrogen-bond acceptors (Lipinski definition) is 9. The molecule has 0 radical (unpaired) electrons. The summed E-state index contributed by atoms with van der Waals surface area (Å²) >= 11 is 0. The molecule has 4 atom stereocenters. The Morgan fingerprint density at radius 2 is 1.96 bits per heavy atom. The van der Waals surface area contributed by atoms with E-state index in [9.17, 15) is 40.2 Å². The number of carbonyl (C=O) groups excluding carboxylic acids is 2. The van der Waals surface area contributed by atoms with Crippen LogP contribution in [0.15, 0.2) is 11.8 Å². The van der Waals surface area contributed by atoms with Crippen LogP contribution in [0.4, 0.5) is 0 Å². The topological polar surface area (TPSA) is 176 Å². The van der Waals surface area contributed by atoms with Crippen LogP contribution in [0, 0.1) is 42.7 Å². The number of nitro groups is 2. The van der Waals surface area contributed by atoms with Crippen molar-refractivity contribution in [1.82, 2.24) is 0 Å². The van der Waals surface area contributed by atoms with Gasteiger partial charge in [0, 0.05) is 16.2 Å². The van der Waals surface area contributed by atoms with Gasteiger partial charge < -0.3 is 9.94 Å². The van der Waals surface area contributed by atoms with E-state index in [1.54, 1.807) is 0 Å². The van der Waals surface area contributed by atoms with Crippen LogP contribution in [-0.2, 0) is 14.3 Å². The first-order valence-corrected chi connectivity index (χ1v) is 7.86. The van der Waals surface area contributed by atoms with Crippen molar-refractivity contribution in [3.63, 3.8) is 0 Å². The van der Waals surface area contributed by atoms with Gasteiger partial charge in [-0.1, -0.05) is 6.92 Å². The number of rotatable bonds is 5. The molecule has 12 heteroatoms. The van der Waals surface area contributed by atoms with Crippen LogP contribution < -0.4 is 0 Å². The summed E-state index contributed by atoms with van der Waals surface area (Å²) in [6.45, 7) is 2.77. The van der Waals surface area contributed by atoms with Crippen LogP contribution in [0.5, 0.6) is 0 Å². The number of allylic oxidation sites excluding steroid dienone is 1. The Hall–Kier alpha value is -3.05. The molecule has 26 heavy (non-hydrogen) atoms. The minimum atomic E-state index is -2.10. The van der Waals surface area contributed by atoms with Crippen molar-refractivity contribution in [2.24, 2.45) is 17.3 Å². The Morgan fingerprint density at radius 3 is 2.38 bits per heavy atom. The highest BCUT2D eigenvalue weighted by atomic mass is 16.8. The average Bonchev–Trinajstić information content (AvgIpc) is 2.54. The Balaban J connectivity index is 2.84. The zero-order valence-corrected chi connectivity index (χ0v) is 14.0. The first-order chi connectivity index (χ1) is 12.1. The van der Waals surface area contributed by atoms with Gasteiger partial charge in [-0.2, -0.15) is 0 Å². The number of Topliss-reactive ketones (excluding diaryl/α,β-unsaturated/α-hetero) is 1. The van der Waals surface area contributed by atoms with Crippen molar-refractivity contribution in [3.8, 4) is 0 Å². The van der Waals surface area contributed by atoms with Crippen LogP contribution in [-0.4, -0.2) is 50.1 Å². The maximum Gasteiger partial charge on any atom is 0.320 e. The summed E-state index contributed by atoms with van der Waals surface area (Å²) in [5.41, 5.74) is -3.61. The van der Waals surface area contributed by atoms with Crippen LogP contribution in [0.25, 0.3) is 0 Å². The van der Waals surface area contributed by atoms with Gasteiger partial charge in [0.25, 0.3) is 11.4 Å². The number of nitrogens with zero attached hydrogens (tertiary/aromatic N) is 3. The van der Waals surface area contributed by atoms with Gasteiger partial charge in [0.1, 0.15) is 17.3 Å². The largest absolute Gasteiger partial charge is 0.465 e. The quantitative estimate of drug-likeness (QED) is 0.178. The summed E-state index contributed by atoms with van der Waals surface area (Å²) in [7, 11) is 0. The normalized spacial score (nSPS) is 32.5. The molecule has 12 nitrogen and oxygen atoms in total. The molecule has 0 saturated heterocycles. The zero-order chi connectivity index (χ0) is 19.8. The molecule has 1 N–H and O–H groups in total. The molecule has 0 aromatic rings. The molecule has 1 fully saturated rings. The first kappa shape index (κ1) is 19.3. The summed E-state index contributed by atoms with van der Waals surface area (Å²) < 4.78 is 4.91. The summed E-state index contributed by atoms with van der Waals surface area (Å²) in [5.74, 6) is -4.96. The van der Waals surface area contributed by atoms with Crippen molar-refractivity contribution in [2.75, 3.05) is 6.61 Å². The molecular weight excluding hydrogens is 354 g/mol. The monoisotopic (exact) mass is 371 g/mol. The fourth-order valence-corrected chi connectivity index (χ4v) is 3.95. The average molecular weight is 371 g/mol. The van der Waals surface area contributed by atoms with Crippen molar-refractivity contribution in [2.45, 2.75) is 32.7 Å². The Kier molecular flexibility index (Phi) is 4.96. The zero-order valence-electron chi connectivity index (χ0n) is 14.0. The van der Waals surface area contributed by atoms with Gasteiger partial charge in [0.05, 0.1) is 17.6 Å². The molecule has 2 aliphatic carbocycles. The highest BCUT2D eigenvalue weighted by Gasteiger charge is 2.71. The Labute approximate surface area is 146 Å². The molecule has 0 unspecified atom stereocenters. The molecule has 142 valence electrons. The van der Waals surface area contributed by atoms with Crippen molar-refractivity contribution >= 4 is 17.5 Å². The van der Waals surface area contributed by atoms with Gasteiger partial charge in [0.15, 0.2) is 5.78 Å². The first-order valence-electron chi connectivity index (χ1n) is 7.86. The van der Waals surface area contributed by atoms with Gasteiger partial charge in [-0.15, -0.1) is 0 Å². The van der Waals surface area contributed by atoms with E-state index < -0.39 is 67.6 Å². The number of ether oxygens (including phenoxy) is 1. The maximum absolute atomic E-state index is 12.8. The standard InChI is InChI=1S/C14H17N3O9/c1-3-14(13(19)26-4-2)10(18)5-7-8(15(20)21)6-9(16(22)23)11(14)12(7)17(24)25/h6-7,11-12H,3-5H2,1-2H3,(H,20,21)/t7-,11-,12+,14-/m0/s1. The summed E-state index contributed by atoms with van der Waals surface area (Å²) in [6.07, 6.45) is -0.129. The number of esters is 1. The minimum Gasteiger partial charge on any atom is -0.465 e. The second-order valence-electron chi connectivity index (χ2n) is 6.06. The second-order valence-corrected chi connectivity index (χ2v) is 6.06. The lowest BCUT2D eigenvalue weighted by Crippen LogP contribution is -2.63. The van der Waals surface area contributed by atoms with Crippen molar-refractivity contribution < 1.29 is 34.3 Å². The van der Waals surface area contributed by atoms with Gasteiger partial charge in [-0.25, -0.2) is 0 Å². The summed E-state index contributed by atoms with van der Waals surface area (Å²) in [4.78, 5) is 46.0. The fraction of sp³-hybridized carbons (Fsp3) is 0.643. The van der Waals surface area contributed by atoms with Crippen LogP contribution in [0.2, 0.25) is 0 Å². The molecule has 0 spiro atoms. The Morgan fingerprint density at radius 1 is 1.35 bits per heavy atom. The van der Waals surface area contributed by atoms with E-state index in [0.717, 1.165) is 0 Å². The molecular formula is C14H17N3O9. The van der Waals surface area contributed by atoms with E-state index in [0.29, 0.717) is 6.08 Å². The Bertz CT molecular complexity index is 740. The van der Waals surface area contributed by atoms with Gasteiger partial charge in [0.2, 0.25) is 6.04 Å². The van der Waals surface area contributed by atoms with Gasteiger partial charge >= 0.3 is 5.97 Å². The fourth-order valence-electron chi connectivity index (χ4n) is 3.95. The highest BCUT2D eigenvalue weighted by molar-refractivity contribution is 6.09. The number of carbonyl (C=O) groups is 2. The van der Waals surface area contributed by atoms with Crippen LogP contribution in [0.3, 0.4) is 0 Å². The molecule has 0 aromatic heterocycles. The van der Waals surface area contributed by atoms with E-state index in [4.69, 9.17) is 4.74 Å². The highest BCUT2D eigenvalue weighted by Crippen LogP contribution is 2.51. The number of hydrogen-bond donors (Lipinski definition) is 1. The molecule has 0 aromatic carbocycles.